The highest BCUT2D eigenvalue weighted by Crippen LogP contribution is 2.23. The molecule has 1 heterocycles. The van der Waals surface area contributed by atoms with Gasteiger partial charge in [0.15, 0.2) is 0 Å². The highest BCUT2D eigenvalue weighted by atomic mass is 16.6. The van der Waals surface area contributed by atoms with Gasteiger partial charge in [0.2, 0.25) is 0 Å². The largest absolute Gasteiger partial charge is 0.394 e. The van der Waals surface area contributed by atoms with Crippen molar-refractivity contribution in [2.75, 3.05) is 19.7 Å². The zero-order valence-electron chi connectivity index (χ0n) is 10.2. The predicted octanol–water partition coefficient (Wildman–Crippen LogP) is -0.0537. The zero-order valence-corrected chi connectivity index (χ0v) is 10.2. The van der Waals surface area contributed by atoms with Crippen LogP contribution >= 0.6 is 0 Å². The first-order chi connectivity index (χ1) is 9.02. The van der Waals surface area contributed by atoms with Crippen LogP contribution in [0.3, 0.4) is 0 Å². The van der Waals surface area contributed by atoms with E-state index in [0.717, 1.165) is 5.56 Å². The van der Waals surface area contributed by atoms with Crippen molar-refractivity contribution < 1.29 is 19.9 Å². The quantitative estimate of drug-likeness (QED) is 0.587. The fourth-order valence-corrected chi connectivity index (χ4v) is 2.11. The Bertz CT molecular complexity index is 517. The molecule has 0 aliphatic carbocycles. The van der Waals surface area contributed by atoms with Crippen LogP contribution in [0, 0.1) is 10.1 Å². The number of carbonyl (C=O) groups is 1. The van der Waals surface area contributed by atoms with Gasteiger partial charge in [0.05, 0.1) is 17.6 Å². The Labute approximate surface area is 109 Å². The van der Waals surface area contributed by atoms with E-state index in [-0.39, 0.29) is 18.1 Å². The van der Waals surface area contributed by atoms with Crippen LogP contribution in [0.25, 0.3) is 0 Å². The normalized spacial score (nSPS) is 16.1. The second-order valence-corrected chi connectivity index (χ2v) is 4.44. The summed E-state index contributed by atoms with van der Waals surface area (Å²) in [5, 5.41) is 28.9. The first kappa shape index (κ1) is 13.4. The lowest BCUT2D eigenvalue weighted by atomic mass is 9.98. The minimum absolute atomic E-state index is 0.0253. The van der Waals surface area contributed by atoms with Crippen molar-refractivity contribution in [1.82, 2.24) is 4.90 Å². The Balaban J connectivity index is 2.26. The monoisotopic (exact) mass is 266 g/mol. The first-order valence-corrected chi connectivity index (χ1v) is 5.88. The van der Waals surface area contributed by atoms with Crippen LogP contribution in [0.4, 0.5) is 5.69 Å². The highest BCUT2D eigenvalue weighted by molar-refractivity contribution is 5.97. The number of aliphatic hydroxyl groups is 2. The van der Waals surface area contributed by atoms with Crippen molar-refractivity contribution in [3.63, 3.8) is 0 Å². The summed E-state index contributed by atoms with van der Waals surface area (Å²) in [6, 6.07) is 4.23. The molecule has 1 aromatic carbocycles. The van der Waals surface area contributed by atoms with Gasteiger partial charge >= 0.3 is 0 Å². The van der Waals surface area contributed by atoms with Gasteiger partial charge in [-0.05, 0) is 12.0 Å². The molecule has 1 amide bonds. The van der Waals surface area contributed by atoms with Crippen molar-refractivity contribution in [3.05, 3.63) is 39.4 Å². The molecule has 0 saturated carbocycles. The van der Waals surface area contributed by atoms with Crippen molar-refractivity contribution in [3.8, 4) is 0 Å². The van der Waals surface area contributed by atoms with Crippen LogP contribution < -0.4 is 0 Å². The Kier molecular flexibility index (Phi) is 3.77. The number of aliphatic hydroxyl groups excluding tert-OH is 2. The lowest BCUT2D eigenvalue weighted by molar-refractivity contribution is -0.384. The molecule has 1 aliphatic heterocycles. The van der Waals surface area contributed by atoms with E-state index in [0.29, 0.717) is 18.5 Å². The average molecular weight is 266 g/mol. The van der Waals surface area contributed by atoms with Gasteiger partial charge in [-0.25, -0.2) is 0 Å². The average Bonchev–Trinajstić information content (AvgIpc) is 2.41. The van der Waals surface area contributed by atoms with Crippen LogP contribution in [0.1, 0.15) is 15.9 Å². The molecule has 1 atom stereocenters. The van der Waals surface area contributed by atoms with Gasteiger partial charge < -0.3 is 15.1 Å². The van der Waals surface area contributed by atoms with Gasteiger partial charge in [-0.3, -0.25) is 14.9 Å². The fraction of sp³-hybridized carbons (Fsp3) is 0.417. The van der Waals surface area contributed by atoms with Crippen LogP contribution in [0.2, 0.25) is 0 Å². The molecule has 1 unspecified atom stereocenters. The Hall–Kier alpha value is -1.99. The number of carbonyl (C=O) groups excluding carboxylic acids is 1. The molecule has 2 N–H and O–H groups in total. The Morgan fingerprint density at radius 2 is 2.21 bits per heavy atom. The highest BCUT2D eigenvalue weighted by Gasteiger charge is 2.27. The molecule has 2 rings (SSSR count). The minimum atomic E-state index is -0.996. The van der Waals surface area contributed by atoms with Crippen LogP contribution in [-0.4, -0.2) is 51.7 Å². The number of nitrogens with zero attached hydrogens (tertiary/aromatic N) is 2. The lowest BCUT2D eigenvalue weighted by Gasteiger charge is -2.29. The summed E-state index contributed by atoms with van der Waals surface area (Å²) in [7, 11) is 0. The minimum Gasteiger partial charge on any atom is -0.394 e. The number of rotatable bonds is 4. The summed E-state index contributed by atoms with van der Waals surface area (Å²) < 4.78 is 0. The van der Waals surface area contributed by atoms with E-state index in [4.69, 9.17) is 5.11 Å². The molecule has 7 heteroatoms. The van der Waals surface area contributed by atoms with Gasteiger partial charge in [0.25, 0.3) is 11.6 Å². The van der Waals surface area contributed by atoms with Gasteiger partial charge in [0.1, 0.15) is 0 Å². The molecular weight excluding hydrogens is 252 g/mol. The molecule has 0 spiro atoms. The summed E-state index contributed by atoms with van der Waals surface area (Å²) >= 11 is 0. The number of β-amino-alcohol motifs (C(OH)–C–C–N with tert-alkyl or cyclic N) is 1. The Morgan fingerprint density at radius 1 is 1.47 bits per heavy atom. The molecule has 1 aliphatic rings. The lowest BCUT2D eigenvalue weighted by Crippen LogP contribution is -2.43. The van der Waals surface area contributed by atoms with E-state index >= 15 is 0 Å². The van der Waals surface area contributed by atoms with E-state index in [2.05, 4.69) is 0 Å². The second-order valence-electron chi connectivity index (χ2n) is 4.44. The SMILES string of the molecule is O=C1c2cc([N+](=O)[O-])ccc2CCN1CC(O)CO. The number of hydrogen-bond acceptors (Lipinski definition) is 5. The van der Waals surface area contributed by atoms with Crippen molar-refractivity contribution >= 4 is 11.6 Å². The number of non-ortho nitro benzene ring substituents is 1. The van der Waals surface area contributed by atoms with Crippen LogP contribution in [-0.2, 0) is 6.42 Å². The van der Waals surface area contributed by atoms with E-state index in [1.165, 1.54) is 17.0 Å². The molecule has 0 bridgehead atoms. The number of hydrogen-bond donors (Lipinski definition) is 2. The smallest absolute Gasteiger partial charge is 0.270 e. The molecule has 0 fully saturated rings. The van der Waals surface area contributed by atoms with Crippen LogP contribution in [0.5, 0.6) is 0 Å². The number of nitro benzene ring substituents is 1. The molecular formula is C12H14N2O5. The van der Waals surface area contributed by atoms with Gasteiger partial charge in [0, 0.05) is 30.8 Å². The summed E-state index contributed by atoms with van der Waals surface area (Å²) in [4.78, 5) is 23.7. The summed E-state index contributed by atoms with van der Waals surface area (Å²) in [6.45, 7) is 0.0315. The number of fused-ring (bicyclic) bond motifs is 1. The maximum Gasteiger partial charge on any atom is 0.270 e. The standard InChI is InChI=1S/C12H14N2O5/c15-7-10(16)6-13-4-3-8-1-2-9(14(18)19)5-11(8)12(13)17/h1-2,5,10,15-16H,3-4,6-7H2. The number of benzene rings is 1. The fourth-order valence-electron chi connectivity index (χ4n) is 2.11. The van der Waals surface area contributed by atoms with E-state index in [9.17, 15) is 20.0 Å². The third kappa shape index (κ3) is 2.72. The zero-order chi connectivity index (χ0) is 14.0. The number of nitro groups is 1. The van der Waals surface area contributed by atoms with Gasteiger partial charge in [-0.1, -0.05) is 6.07 Å². The van der Waals surface area contributed by atoms with Crippen molar-refractivity contribution in [1.29, 1.82) is 0 Å². The molecule has 1 aromatic rings. The summed E-state index contributed by atoms with van der Waals surface area (Å²) in [5.74, 6) is -0.350. The van der Waals surface area contributed by atoms with Crippen LogP contribution in [0.15, 0.2) is 18.2 Å². The number of amides is 1. The molecule has 7 nitrogen and oxygen atoms in total. The molecule has 0 radical (unpaired) electrons. The van der Waals surface area contributed by atoms with E-state index < -0.39 is 17.6 Å². The molecule has 0 saturated heterocycles. The van der Waals surface area contributed by atoms with Gasteiger partial charge in [-0.2, -0.15) is 0 Å². The first-order valence-electron chi connectivity index (χ1n) is 5.88. The van der Waals surface area contributed by atoms with Crippen molar-refractivity contribution in [2.24, 2.45) is 0 Å². The molecule has 102 valence electrons. The second kappa shape index (κ2) is 5.33. The summed E-state index contributed by atoms with van der Waals surface area (Å²) in [5.41, 5.74) is 0.938. The van der Waals surface area contributed by atoms with Gasteiger partial charge in [-0.15, -0.1) is 0 Å². The summed E-state index contributed by atoms with van der Waals surface area (Å²) in [6.07, 6.45) is -0.416. The van der Waals surface area contributed by atoms with E-state index in [1.807, 2.05) is 0 Å². The topological polar surface area (TPSA) is 104 Å². The Morgan fingerprint density at radius 3 is 2.84 bits per heavy atom. The predicted molar refractivity (Wildman–Crippen MR) is 65.8 cm³/mol. The third-order valence-electron chi connectivity index (χ3n) is 3.11. The maximum atomic E-state index is 12.2. The third-order valence-corrected chi connectivity index (χ3v) is 3.11. The molecule has 0 aromatic heterocycles. The van der Waals surface area contributed by atoms with E-state index in [1.54, 1.807) is 6.07 Å². The maximum absolute atomic E-state index is 12.2. The van der Waals surface area contributed by atoms with Crippen molar-refractivity contribution in [2.45, 2.75) is 12.5 Å². The molecule has 19 heavy (non-hydrogen) atoms.